The Balaban J connectivity index is 2.55. The maximum Gasteiger partial charge on any atom is 0.256 e. The maximum absolute atomic E-state index is 11.5. The molecule has 0 spiro atoms. The van der Waals surface area contributed by atoms with E-state index in [1.807, 2.05) is 13.2 Å². The van der Waals surface area contributed by atoms with Gasteiger partial charge in [0.15, 0.2) is 0 Å². The smallest absolute Gasteiger partial charge is 0.256 e. The van der Waals surface area contributed by atoms with Gasteiger partial charge in [0.05, 0.1) is 11.8 Å². The van der Waals surface area contributed by atoms with Crippen LogP contribution >= 0.6 is 23.4 Å². The molecule has 14 heavy (non-hydrogen) atoms. The predicted octanol–water partition coefficient (Wildman–Crippen LogP) is 2.41. The third-order valence-corrected chi connectivity index (χ3v) is 2.78. The highest BCUT2D eigenvalue weighted by Crippen LogP contribution is 2.16. The lowest BCUT2D eigenvalue weighted by Crippen LogP contribution is -2.34. The second-order valence-electron chi connectivity index (χ2n) is 2.94. The Bertz CT molecular complexity index is 314. The van der Waals surface area contributed by atoms with Crippen LogP contribution in [0.2, 0.25) is 5.22 Å². The summed E-state index contributed by atoms with van der Waals surface area (Å²) in [5.41, 5.74) is 0.389. The van der Waals surface area contributed by atoms with Gasteiger partial charge in [0.1, 0.15) is 0 Å². The van der Waals surface area contributed by atoms with E-state index in [9.17, 15) is 4.79 Å². The topological polar surface area (TPSA) is 42.2 Å². The van der Waals surface area contributed by atoms with Gasteiger partial charge >= 0.3 is 0 Å². The van der Waals surface area contributed by atoms with Crippen LogP contribution in [0.5, 0.6) is 0 Å². The van der Waals surface area contributed by atoms with E-state index in [0.717, 1.165) is 5.75 Å². The molecule has 1 heterocycles. The lowest BCUT2D eigenvalue weighted by molar-refractivity contribution is 0.0943. The second kappa shape index (κ2) is 5.32. The van der Waals surface area contributed by atoms with Crippen molar-refractivity contribution in [2.75, 3.05) is 12.0 Å². The van der Waals surface area contributed by atoms with Gasteiger partial charge < -0.3 is 9.73 Å². The van der Waals surface area contributed by atoms with Crippen molar-refractivity contribution in [3.05, 3.63) is 23.1 Å². The SMILES string of the molecule is CSCC(C)NC(=O)c1ccoc1Cl. The molecule has 78 valence electrons. The summed E-state index contributed by atoms with van der Waals surface area (Å²) in [5, 5.41) is 2.96. The minimum absolute atomic E-state index is 0.128. The molecule has 1 unspecified atom stereocenters. The molecule has 0 saturated heterocycles. The van der Waals surface area contributed by atoms with E-state index >= 15 is 0 Å². The van der Waals surface area contributed by atoms with Crippen LogP contribution in [0.4, 0.5) is 0 Å². The van der Waals surface area contributed by atoms with Crippen LogP contribution in [0, 0.1) is 0 Å². The number of hydrogen-bond donors (Lipinski definition) is 1. The molecule has 5 heteroatoms. The summed E-state index contributed by atoms with van der Waals surface area (Å²) in [4.78, 5) is 11.5. The first-order valence-corrected chi connectivity index (χ1v) is 5.95. The summed E-state index contributed by atoms with van der Waals surface area (Å²) in [7, 11) is 0. The van der Waals surface area contributed by atoms with Crippen LogP contribution in [-0.2, 0) is 0 Å². The average Bonchev–Trinajstić information content (AvgIpc) is 2.51. The number of furan rings is 1. The zero-order valence-electron chi connectivity index (χ0n) is 8.04. The molecule has 1 atom stereocenters. The van der Waals surface area contributed by atoms with E-state index in [0.29, 0.717) is 5.56 Å². The van der Waals surface area contributed by atoms with E-state index in [1.54, 1.807) is 17.8 Å². The Morgan fingerprint density at radius 2 is 2.50 bits per heavy atom. The Labute approximate surface area is 92.2 Å². The summed E-state index contributed by atoms with van der Waals surface area (Å²) in [6.07, 6.45) is 3.39. The molecule has 3 nitrogen and oxygen atoms in total. The molecule has 0 fully saturated rings. The summed E-state index contributed by atoms with van der Waals surface area (Å²) in [5.74, 6) is 0.687. The zero-order valence-corrected chi connectivity index (χ0v) is 9.61. The van der Waals surface area contributed by atoms with Gasteiger partial charge in [-0.15, -0.1) is 0 Å². The Kier molecular flexibility index (Phi) is 4.35. The number of rotatable bonds is 4. The summed E-state index contributed by atoms with van der Waals surface area (Å²) in [6.45, 7) is 1.95. The van der Waals surface area contributed by atoms with Gasteiger partial charge in [-0.25, -0.2) is 0 Å². The highest BCUT2D eigenvalue weighted by atomic mass is 35.5. The molecule has 0 aliphatic carbocycles. The Morgan fingerprint density at radius 1 is 1.79 bits per heavy atom. The van der Waals surface area contributed by atoms with Gasteiger partial charge in [-0.1, -0.05) is 0 Å². The van der Waals surface area contributed by atoms with Crippen molar-refractivity contribution in [1.82, 2.24) is 5.32 Å². The predicted molar refractivity (Wildman–Crippen MR) is 59.0 cm³/mol. The van der Waals surface area contributed by atoms with Crippen molar-refractivity contribution in [3.8, 4) is 0 Å². The number of nitrogens with one attached hydrogen (secondary N) is 1. The minimum atomic E-state index is -0.190. The molecular formula is C9H12ClNO2S. The third kappa shape index (κ3) is 2.96. The number of carbonyl (C=O) groups excluding carboxylic acids is 1. The van der Waals surface area contributed by atoms with Gasteiger partial charge in [-0.2, -0.15) is 11.8 Å². The fraction of sp³-hybridized carbons (Fsp3) is 0.444. The van der Waals surface area contributed by atoms with Crippen molar-refractivity contribution in [2.45, 2.75) is 13.0 Å². The quantitative estimate of drug-likeness (QED) is 0.869. The van der Waals surface area contributed by atoms with E-state index in [-0.39, 0.29) is 17.2 Å². The Morgan fingerprint density at radius 3 is 3.00 bits per heavy atom. The number of thioether (sulfide) groups is 1. The fourth-order valence-corrected chi connectivity index (χ4v) is 1.83. The van der Waals surface area contributed by atoms with Gasteiger partial charge in [-0.3, -0.25) is 4.79 Å². The average molecular weight is 234 g/mol. The molecule has 0 aliphatic rings. The highest BCUT2D eigenvalue weighted by molar-refractivity contribution is 7.98. The third-order valence-electron chi connectivity index (χ3n) is 1.66. The van der Waals surface area contributed by atoms with Gasteiger partial charge in [-0.05, 0) is 30.8 Å². The van der Waals surface area contributed by atoms with Crippen LogP contribution in [0.25, 0.3) is 0 Å². The standard InChI is InChI=1S/C9H12ClNO2S/c1-6(5-14-2)11-9(12)7-3-4-13-8(7)10/h3-4,6H,5H2,1-2H3,(H,11,12). The molecule has 0 radical (unpaired) electrons. The second-order valence-corrected chi connectivity index (χ2v) is 4.19. The van der Waals surface area contributed by atoms with E-state index < -0.39 is 0 Å². The molecule has 0 bridgehead atoms. The van der Waals surface area contributed by atoms with Crippen LogP contribution in [0.3, 0.4) is 0 Å². The summed E-state index contributed by atoms with van der Waals surface area (Å²) < 4.78 is 4.83. The molecule has 0 aliphatic heterocycles. The first-order valence-electron chi connectivity index (χ1n) is 4.18. The lowest BCUT2D eigenvalue weighted by atomic mass is 10.3. The van der Waals surface area contributed by atoms with Crippen molar-refractivity contribution in [2.24, 2.45) is 0 Å². The first kappa shape index (κ1) is 11.5. The van der Waals surface area contributed by atoms with Crippen LogP contribution in [0.1, 0.15) is 17.3 Å². The van der Waals surface area contributed by atoms with E-state index in [2.05, 4.69) is 5.32 Å². The van der Waals surface area contributed by atoms with Crippen LogP contribution in [-0.4, -0.2) is 24.0 Å². The fourth-order valence-electron chi connectivity index (χ4n) is 1.05. The first-order chi connectivity index (χ1) is 6.65. The van der Waals surface area contributed by atoms with Crippen molar-refractivity contribution >= 4 is 29.3 Å². The number of amides is 1. The molecule has 0 saturated carbocycles. The molecule has 1 aromatic rings. The molecule has 1 N–H and O–H groups in total. The zero-order chi connectivity index (χ0) is 10.6. The van der Waals surface area contributed by atoms with Crippen molar-refractivity contribution < 1.29 is 9.21 Å². The molecule has 1 rings (SSSR count). The van der Waals surface area contributed by atoms with Gasteiger partial charge in [0, 0.05) is 11.8 Å². The normalized spacial score (nSPS) is 12.5. The van der Waals surface area contributed by atoms with E-state index in [1.165, 1.54) is 6.26 Å². The van der Waals surface area contributed by atoms with Crippen molar-refractivity contribution in [3.63, 3.8) is 0 Å². The maximum atomic E-state index is 11.5. The van der Waals surface area contributed by atoms with Crippen LogP contribution in [0.15, 0.2) is 16.7 Å². The minimum Gasteiger partial charge on any atom is -0.452 e. The lowest BCUT2D eigenvalue weighted by Gasteiger charge is -2.11. The van der Waals surface area contributed by atoms with Gasteiger partial charge in [0.25, 0.3) is 5.91 Å². The summed E-state index contributed by atoms with van der Waals surface area (Å²) >= 11 is 7.34. The molecule has 1 amide bonds. The number of hydrogen-bond acceptors (Lipinski definition) is 3. The summed E-state index contributed by atoms with van der Waals surface area (Å²) in [6, 6.07) is 1.69. The van der Waals surface area contributed by atoms with Gasteiger partial charge in [0.2, 0.25) is 5.22 Å². The van der Waals surface area contributed by atoms with E-state index in [4.69, 9.17) is 16.0 Å². The Hall–Kier alpha value is -0.610. The van der Waals surface area contributed by atoms with Crippen LogP contribution < -0.4 is 5.32 Å². The molecule has 1 aromatic heterocycles. The molecule has 0 aromatic carbocycles. The number of carbonyl (C=O) groups is 1. The number of halogens is 1. The van der Waals surface area contributed by atoms with Crippen molar-refractivity contribution in [1.29, 1.82) is 0 Å². The molecular weight excluding hydrogens is 222 g/mol. The largest absolute Gasteiger partial charge is 0.452 e. The highest BCUT2D eigenvalue weighted by Gasteiger charge is 2.14. The monoisotopic (exact) mass is 233 g/mol.